The lowest BCUT2D eigenvalue weighted by atomic mass is 9.71. The van der Waals surface area contributed by atoms with Gasteiger partial charge in [0, 0.05) is 79.8 Å². The molecule has 16 rings (SSSR count). The Balaban J connectivity index is 0.652. The maximum absolute atomic E-state index is 13.5. The van der Waals surface area contributed by atoms with Crippen LogP contribution >= 0.6 is 34.0 Å². The van der Waals surface area contributed by atoms with E-state index < -0.39 is 91.8 Å². The highest BCUT2D eigenvalue weighted by molar-refractivity contribution is 7.22. The van der Waals surface area contributed by atoms with Crippen LogP contribution in [0.25, 0.3) is 62.4 Å². The van der Waals surface area contributed by atoms with E-state index in [0.717, 1.165) is 51.0 Å². The number of anilines is 6. The molecule has 12 unspecified atom stereocenters. The number of pyridine rings is 3. The molecule has 2 aromatic carbocycles. The maximum atomic E-state index is 13.5. The Morgan fingerprint density at radius 1 is 0.527 bits per heavy atom. The SMILES string of the molecule is CCc1cc2sc(-c3c(C)nc(NCC(F)(F)F)nc3NC3CC(CO)C(O)C3O)nc2c(CCOC2C(Nc3nc(NCC4CC(c5ccccc5)C4)nc(C)c3-c3nc4c[n+](OC5C(CO)CC(Nc6nc(NCC7CC(c8ccccc8)C7)nc(C)c6-c6nc7cnccc7s6)C5O)ccc4s3)CC(CO)C2O)n1. The second-order valence-corrected chi connectivity index (χ2v) is 33.4. The van der Waals surface area contributed by atoms with E-state index in [1.165, 1.54) is 49.9 Å². The zero-order chi connectivity index (χ0) is 77.6. The summed E-state index contributed by atoms with van der Waals surface area (Å²) in [6.07, 6.45) is 1.49. The zero-order valence-electron chi connectivity index (χ0n) is 62.0. The van der Waals surface area contributed by atoms with Gasteiger partial charge < -0.3 is 72.4 Å². The molecule has 0 bridgehead atoms. The Bertz CT molecular complexity index is 5130. The largest absolute Gasteiger partial charge is 0.405 e. The Hall–Kier alpha value is -9.13. The molecule has 12 atom stereocenters. The van der Waals surface area contributed by atoms with Crippen molar-refractivity contribution in [3.8, 4) is 31.7 Å². The first-order valence-corrected chi connectivity index (χ1v) is 40.7. The average Bonchev–Trinajstić information content (AvgIpc) is 1.22. The second-order valence-electron chi connectivity index (χ2n) is 30.3. The molecule has 0 amide bonds. The van der Waals surface area contributed by atoms with Gasteiger partial charge in [-0.15, -0.1) is 34.0 Å². The van der Waals surface area contributed by atoms with Gasteiger partial charge in [0.15, 0.2) is 5.52 Å². The molecule has 5 aliphatic rings. The molecule has 27 nitrogen and oxygen atoms in total. The van der Waals surface area contributed by atoms with Crippen molar-refractivity contribution >= 4 is 100.0 Å². The molecule has 13 N–H and O–H groups in total. The summed E-state index contributed by atoms with van der Waals surface area (Å²) in [5.41, 5.74) is 9.10. The minimum atomic E-state index is -4.58. The molecule has 5 saturated carbocycles. The first-order chi connectivity index (χ1) is 54.2. The number of hydrogen-bond donors (Lipinski definition) is 13. The number of alkyl halides is 3. The zero-order valence-corrected chi connectivity index (χ0v) is 64.5. The van der Waals surface area contributed by atoms with Gasteiger partial charge in [-0.3, -0.25) is 14.8 Å². The molecule has 9 aromatic heterocycles. The quantitative estimate of drug-likeness (QED) is 0.0194. The van der Waals surface area contributed by atoms with E-state index in [-0.39, 0.29) is 50.1 Å². The van der Waals surface area contributed by atoms with E-state index in [4.69, 9.17) is 49.4 Å². The normalized spacial score (nSPS) is 25.7. The van der Waals surface area contributed by atoms with Crippen molar-refractivity contribution in [3.63, 3.8) is 0 Å². The number of thiazole rings is 3. The number of aliphatic hydroxyl groups is 7. The van der Waals surface area contributed by atoms with Crippen molar-refractivity contribution in [2.75, 3.05) is 78.0 Å². The molecule has 0 saturated heterocycles. The molecule has 112 heavy (non-hydrogen) atoms. The number of aliphatic hydroxyl groups excluding tert-OH is 7. The Kier molecular flexibility index (Phi) is 22.5. The van der Waals surface area contributed by atoms with E-state index in [9.17, 15) is 48.9 Å². The minimum Gasteiger partial charge on any atom is -0.396 e. The van der Waals surface area contributed by atoms with Crippen molar-refractivity contribution in [3.05, 3.63) is 143 Å². The molecule has 11 aromatic rings. The summed E-state index contributed by atoms with van der Waals surface area (Å²) in [6.45, 7) is 6.41. The van der Waals surface area contributed by atoms with Gasteiger partial charge >= 0.3 is 6.18 Å². The summed E-state index contributed by atoms with van der Waals surface area (Å²) in [5.74, 6) is 1.58. The van der Waals surface area contributed by atoms with Crippen molar-refractivity contribution in [2.45, 2.75) is 158 Å². The van der Waals surface area contributed by atoms with Gasteiger partial charge in [-0.2, -0.15) is 28.1 Å². The van der Waals surface area contributed by atoms with Gasteiger partial charge in [0.2, 0.25) is 36.3 Å². The Morgan fingerprint density at radius 3 is 1.59 bits per heavy atom. The van der Waals surface area contributed by atoms with Crippen molar-refractivity contribution in [1.82, 2.24) is 54.8 Å². The molecule has 33 heteroatoms. The highest BCUT2D eigenvalue weighted by Gasteiger charge is 2.49. The van der Waals surface area contributed by atoms with Gasteiger partial charge in [0.05, 0.1) is 96.7 Å². The number of fused-ring (bicyclic) bond motifs is 3. The molecule has 0 radical (unpaired) electrons. The van der Waals surface area contributed by atoms with Gasteiger partial charge in [-0.1, -0.05) is 67.6 Å². The van der Waals surface area contributed by atoms with Gasteiger partial charge in [0.25, 0.3) is 0 Å². The Labute approximate surface area is 655 Å². The number of aryl methyl sites for hydroxylation is 4. The van der Waals surface area contributed by atoms with E-state index >= 15 is 0 Å². The van der Waals surface area contributed by atoms with Crippen LogP contribution in [0.3, 0.4) is 0 Å². The van der Waals surface area contributed by atoms with E-state index in [1.54, 1.807) is 31.7 Å². The van der Waals surface area contributed by atoms with Crippen LogP contribution in [-0.2, 0) is 17.6 Å². The van der Waals surface area contributed by atoms with Crippen LogP contribution in [0, 0.1) is 50.4 Å². The van der Waals surface area contributed by atoms with Crippen LogP contribution in [0.5, 0.6) is 0 Å². The van der Waals surface area contributed by atoms with Crippen molar-refractivity contribution in [2.24, 2.45) is 29.6 Å². The van der Waals surface area contributed by atoms with Crippen LogP contribution in [-0.4, -0.2) is 198 Å². The summed E-state index contributed by atoms with van der Waals surface area (Å²) < 4.78 is 51.3. The first kappa shape index (κ1) is 76.8. The number of halogens is 3. The highest BCUT2D eigenvalue weighted by Crippen LogP contribution is 2.46. The topological polar surface area (TPSA) is 378 Å². The number of benzene rings is 2. The number of rotatable bonds is 29. The van der Waals surface area contributed by atoms with Gasteiger partial charge in [0.1, 0.15) is 68.4 Å². The fraction of sp³-hybridized carbons (Fsp3) is 0.468. The van der Waals surface area contributed by atoms with Gasteiger partial charge in [-0.25, -0.2) is 29.9 Å². The summed E-state index contributed by atoms with van der Waals surface area (Å²) in [5, 5.41) is 99.5. The molecule has 9 heterocycles. The number of hydrogen-bond acceptors (Lipinski definition) is 29. The summed E-state index contributed by atoms with van der Waals surface area (Å²) >= 11 is 4.23. The van der Waals surface area contributed by atoms with Gasteiger partial charge in [-0.05, 0) is 119 Å². The summed E-state index contributed by atoms with van der Waals surface area (Å²) in [4.78, 5) is 60.4. The van der Waals surface area contributed by atoms with Crippen molar-refractivity contribution in [1.29, 1.82) is 0 Å². The predicted molar refractivity (Wildman–Crippen MR) is 422 cm³/mol. The van der Waals surface area contributed by atoms with Crippen LogP contribution in [0.4, 0.5) is 48.5 Å². The molecule has 0 aliphatic heterocycles. The smallest absolute Gasteiger partial charge is 0.396 e. The number of aromatic nitrogens is 12. The second kappa shape index (κ2) is 32.8. The predicted octanol–water partition coefficient (Wildman–Crippen LogP) is 9.58. The average molecular weight is 1590 g/mol. The highest BCUT2D eigenvalue weighted by atomic mass is 32.1. The molecule has 0 spiro atoms. The number of nitrogens with one attached hydrogen (secondary N) is 6. The molecular formula is C79H90F3N18O9S3+. The minimum absolute atomic E-state index is 0.0476. The lowest BCUT2D eigenvalue weighted by Crippen LogP contribution is -2.53. The maximum Gasteiger partial charge on any atom is 0.405 e. The third kappa shape index (κ3) is 16.2. The van der Waals surface area contributed by atoms with Crippen molar-refractivity contribution < 1.29 is 63.2 Å². The van der Waals surface area contributed by atoms with E-state index in [0.29, 0.717) is 139 Å². The van der Waals surface area contributed by atoms with E-state index in [1.807, 2.05) is 51.1 Å². The third-order valence-corrected chi connectivity index (χ3v) is 25.9. The van der Waals surface area contributed by atoms with Crippen LogP contribution in [0.1, 0.15) is 103 Å². The van der Waals surface area contributed by atoms with Crippen LogP contribution < -0.4 is 41.5 Å². The lowest BCUT2D eigenvalue weighted by molar-refractivity contribution is -0.900. The summed E-state index contributed by atoms with van der Waals surface area (Å²) in [6, 6.07) is 24.8. The third-order valence-electron chi connectivity index (χ3n) is 22.7. The first-order valence-electron chi connectivity index (χ1n) is 38.2. The molecule has 5 fully saturated rings. The molecule has 588 valence electrons. The molecule has 5 aliphatic carbocycles. The van der Waals surface area contributed by atoms with Crippen LogP contribution in [0.15, 0.2) is 104 Å². The summed E-state index contributed by atoms with van der Waals surface area (Å²) in [7, 11) is 0. The Morgan fingerprint density at radius 2 is 1.04 bits per heavy atom. The number of ether oxygens (including phenoxy) is 1. The molecular weight excluding hydrogens is 1500 g/mol. The van der Waals surface area contributed by atoms with E-state index in [2.05, 4.69) is 95.4 Å². The number of nitrogens with zero attached hydrogens (tertiary/aromatic N) is 12. The fourth-order valence-corrected chi connectivity index (χ4v) is 19.8. The standard InChI is InChI=1S/C79H90F3N18O9S3/c1-5-50-29-59-63(96-75(112-59)62-40(4)89-78(86-37-79(80,81)82)99-71(62)91-52-26-47(34-101)64(104)66(52)106)51(90-50)18-21-108-69-54(27-48(35-102)65(69)105)93-72-61(39(3)88-77(98-72)85-31-42-24-46(25-42)44-14-10-7-11-15-44)74-95-56-33-100(20-17-58(56)111-74)109-68-49(36-103)28-53(67(68)107)92-70-60(73-94-55-32-83-19-16-57(55)110-73)38(2)87-76(97-70)84-30-41-22-45(23-41)43-12-8-6-9-13-43/h6-17,19-20,29,32-33,41-42,45-49,52-54,64-69,101-107H,5,18,21-28,30-31,34-37H2,1-4H3,(H2,84,87,92,97)(H2,85,88,93,98)(H2,86,89,91,99)/q+1. The monoisotopic (exact) mass is 1590 g/mol. The fourth-order valence-electron chi connectivity index (χ4n) is 16.5. The van der Waals surface area contributed by atoms with Crippen LogP contribution in [0.2, 0.25) is 0 Å². The lowest BCUT2D eigenvalue weighted by Gasteiger charge is -2.36.